The molecule has 0 saturated carbocycles. The van der Waals surface area contributed by atoms with Crippen LogP contribution in [0.5, 0.6) is 5.75 Å². The van der Waals surface area contributed by atoms with Gasteiger partial charge in [-0.25, -0.2) is 0 Å². The number of nitro benzene ring substituents is 1. The fourth-order valence-electron chi connectivity index (χ4n) is 2.71. The number of benzene rings is 3. The summed E-state index contributed by atoms with van der Waals surface area (Å²) in [6.45, 7) is 0.334. The van der Waals surface area contributed by atoms with Crippen molar-refractivity contribution in [1.29, 1.82) is 0 Å². The van der Waals surface area contributed by atoms with Gasteiger partial charge >= 0.3 is 0 Å². The number of nitrogens with zero attached hydrogens (tertiary/aromatic N) is 3. The van der Waals surface area contributed by atoms with Crippen LogP contribution in [-0.2, 0) is 6.61 Å². The van der Waals surface area contributed by atoms with Gasteiger partial charge in [-0.3, -0.25) is 10.1 Å². The highest BCUT2D eigenvalue weighted by Crippen LogP contribution is 2.26. The van der Waals surface area contributed by atoms with Crippen LogP contribution in [0.3, 0.4) is 0 Å². The molecule has 0 N–H and O–H groups in total. The third-order valence-electron chi connectivity index (χ3n) is 4.17. The van der Waals surface area contributed by atoms with Gasteiger partial charge in [0.15, 0.2) is 0 Å². The number of para-hydroxylation sites is 1. The quantitative estimate of drug-likeness (QED) is 0.307. The molecule has 4 rings (SSSR count). The number of aromatic nitrogens is 2. The summed E-state index contributed by atoms with van der Waals surface area (Å²) in [5, 5.41) is 15.3. The highest BCUT2D eigenvalue weighted by molar-refractivity contribution is 6.32. The van der Waals surface area contributed by atoms with E-state index in [1.807, 2.05) is 36.4 Å². The highest BCUT2D eigenvalue weighted by atomic mass is 35.5. The number of hydrogen-bond donors (Lipinski definition) is 0. The van der Waals surface area contributed by atoms with Crippen LogP contribution in [0.2, 0.25) is 5.02 Å². The van der Waals surface area contributed by atoms with Crippen LogP contribution in [0, 0.1) is 10.1 Å². The molecule has 8 heteroatoms. The van der Waals surface area contributed by atoms with E-state index >= 15 is 0 Å². The molecule has 0 aliphatic rings. The van der Waals surface area contributed by atoms with Gasteiger partial charge < -0.3 is 9.26 Å². The zero-order valence-corrected chi connectivity index (χ0v) is 15.7. The van der Waals surface area contributed by atoms with Crippen LogP contribution in [0.1, 0.15) is 5.56 Å². The van der Waals surface area contributed by atoms with Gasteiger partial charge in [-0.2, -0.15) is 4.98 Å². The summed E-state index contributed by atoms with van der Waals surface area (Å²) in [4.78, 5) is 14.7. The van der Waals surface area contributed by atoms with E-state index in [-0.39, 0.29) is 5.69 Å². The molecule has 0 amide bonds. The van der Waals surface area contributed by atoms with Gasteiger partial charge in [-0.05, 0) is 42.0 Å². The molecule has 1 aromatic heterocycles. The van der Waals surface area contributed by atoms with E-state index in [1.54, 1.807) is 24.3 Å². The number of non-ortho nitro benzene ring substituents is 1. The Morgan fingerprint density at radius 3 is 2.55 bits per heavy atom. The minimum absolute atomic E-state index is 0.00342. The van der Waals surface area contributed by atoms with E-state index < -0.39 is 4.92 Å². The lowest BCUT2D eigenvalue weighted by Crippen LogP contribution is -1.96. The van der Waals surface area contributed by atoms with Gasteiger partial charge in [-0.15, -0.1) is 0 Å². The minimum atomic E-state index is -0.457. The van der Waals surface area contributed by atoms with Crippen molar-refractivity contribution >= 4 is 17.3 Å². The van der Waals surface area contributed by atoms with E-state index in [2.05, 4.69) is 10.1 Å². The fourth-order valence-corrected chi connectivity index (χ4v) is 2.90. The average Bonchev–Trinajstić information content (AvgIpc) is 3.24. The van der Waals surface area contributed by atoms with Crippen molar-refractivity contribution in [3.63, 3.8) is 0 Å². The SMILES string of the molecule is O=[N+]([O-])c1ccc(-c2noc(-c3cccc(COc4ccccc4Cl)c3)n2)cc1. The summed E-state index contributed by atoms with van der Waals surface area (Å²) >= 11 is 6.11. The maximum atomic E-state index is 10.8. The van der Waals surface area contributed by atoms with Crippen molar-refractivity contribution in [2.24, 2.45) is 0 Å². The molecule has 0 saturated heterocycles. The summed E-state index contributed by atoms with van der Waals surface area (Å²) in [6, 6.07) is 20.8. The van der Waals surface area contributed by atoms with Crippen LogP contribution in [0.15, 0.2) is 77.3 Å². The van der Waals surface area contributed by atoms with Crippen LogP contribution in [0.4, 0.5) is 5.69 Å². The average molecular weight is 408 g/mol. The number of rotatable bonds is 6. The first-order valence-corrected chi connectivity index (χ1v) is 9.03. The standard InChI is InChI=1S/C21H14ClN3O4/c22-18-6-1-2-7-19(18)28-13-14-4-3-5-16(12-14)21-23-20(24-29-21)15-8-10-17(11-9-15)25(26)27/h1-12H,13H2. The van der Waals surface area contributed by atoms with Crippen molar-refractivity contribution in [3.8, 4) is 28.6 Å². The van der Waals surface area contributed by atoms with Gasteiger partial charge in [-0.1, -0.05) is 41.0 Å². The van der Waals surface area contributed by atoms with Gasteiger partial charge in [0.2, 0.25) is 5.82 Å². The molecule has 0 spiro atoms. The zero-order valence-electron chi connectivity index (χ0n) is 15.0. The molecular weight excluding hydrogens is 394 g/mol. The number of ether oxygens (including phenoxy) is 1. The van der Waals surface area contributed by atoms with Crippen LogP contribution in [0.25, 0.3) is 22.8 Å². The van der Waals surface area contributed by atoms with E-state index in [0.717, 1.165) is 11.1 Å². The Balaban J connectivity index is 1.51. The molecule has 3 aromatic carbocycles. The topological polar surface area (TPSA) is 91.3 Å². The summed E-state index contributed by atoms with van der Waals surface area (Å²) < 4.78 is 11.1. The third kappa shape index (κ3) is 4.25. The predicted octanol–water partition coefficient (Wildman–Crippen LogP) is 5.54. The van der Waals surface area contributed by atoms with Crippen molar-refractivity contribution in [3.05, 3.63) is 93.5 Å². The van der Waals surface area contributed by atoms with Crippen molar-refractivity contribution < 1.29 is 14.2 Å². The van der Waals surface area contributed by atoms with E-state index in [9.17, 15) is 10.1 Å². The van der Waals surface area contributed by atoms with Gasteiger partial charge in [0.1, 0.15) is 12.4 Å². The second-order valence-electron chi connectivity index (χ2n) is 6.15. The maximum Gasteiger partial charge on any atom is 0.269 e. The van der Waals surface area contributed by atoms with Gasteiger partial charge in [0.05, 0.1) is 9.95 Å². The lowest BCUT2D eigenvalue weighted by molar-refractivity contribution is -0.384. The molecule has 4 aromatic rings. The molecule has 0 aliphatic heterocycles. The Hall–Kier alpha value is -3.71. The summed E-state index contributed by atoms with van der Waals surface area (Å²) in [5.74, 6) is 1.31. The predicted molar refractivity (Wildman–Crippen MR) is 108 cm³/mol. The Labute approximate surface area is 170 Å². The van der Waals surface area contributed by atoms with Gasteiger partial charge in [0, 0.05) is 23.3 Å². The first-order chi connectivity index (χ1) is 14.1. The summed E-state index contributed by atoms with van der Waals surface area (Å²) in [5.41, 5.74) is 2.29. The largest absolute Gasteiger partial charge is 0.487 e. The van der Waals surface area contributed by atoms with Crippen molar-refractivity contribution in [1.82, 2.24) is 10.1 Å². The zero-order chi connectivity index (χ0) is 20.2. The Kier molecular flexibility index (Phi) is 5.22. The second-order valence-corrected chi connectivity index (χ2v) is 6.55. The molecule has 0 radical (unpaired) electrons. The summed E-state index contributed by atoms with van der Waals surface area (Å²) in [6.07, 6.45) is 0. The summed E-state index contributed by atoms with van der Waals surface area (Å²) in [7, 11) is 0. The molecular formula is C21H14ClN3O4. The van der Waals surface area contributed by atoms with Crippen molar-refractivity contribution in [2.75, 3.05) is 0 Å². The Morgan fingerprint density at radius 1 is 1.00 bits per heavy atom. The smallest absolute Gasteiger partial charge is 0.269 e. The second kappa shape index (κ2) is 8.12. The van der Waals surface area contributed by atoms with Crippen molar-refractivity contribution in [2.45, 2.75) is 6.61 Å². The Morgan fingerprint density at radius 2 is 1.79 bits per heavy atom. The first-order valence-electron chi connectivity index (χ1n) is 8.65. The molecule has 0 fully saturated rings. The minimum Gasteiger partial charge on any atom is -0.487 e. The molecule has 144 valence electrons. The molecule has 0 bridgehead atoms. The number of halogens is 1. The molecule has 0 aliphatic carbocycles. The van der Waals surface area contributed by atoms with E-state index in [1.165, 1.54) is 12.1 Å². The fraction of sp³-hybridized carbons (Fsp3) is 0.0476. The highest BCUT2D eigenvalue weighted by Gasteiger charge is 2.13. The van der Waals surface area contributed by atoms with Crippen LogP contribution in [-0.4, -0.2) is 15.1 Å². The lowest BCUT2D eigenvalue weighted by Gasteiger charge is -2.08. The third-order valence-corrected chi connectivity index (χ3v) is 4.48. The number of hydrogen-bond acceptors (Lipinski definition) is 6. The lowest BCUT2D eigenvalue weighted by atomic mass is 10.1. The van der Waals surface area contributed by atoms with Gasteiger partial charge in [0.25, 0.3) is 11.6 Å². The maximum absolute atomic E-state index is 10.8. The first kappa shape index (κ1) is 18.6. The van der Waals surface area contributed by atoms with E-state index in [4.69, 9.17) is 20.9 Å². The number of nitro groups is 1. The molecule has 0 unspecified atom stereocenters. The van der Waals surface area contributed by atoms with E-state index in [0.29, 0.717) is 34.7 Å². The molecule has 1 heterocycles. The van der Waals surface area contributed by atoms with Crippen LogP contribution < -0.4 is 4.74 Å². The van der Waals surface area contributed by atoms with Crippen LogP contribution >= 0.6 is 11.6 Å². The normalized spacial score (nSPS) is 10.7. The molecule has 7 nitrogen and oxygen atoms in total. The molecule has 0 atom stereocenters. The molecule has 29 heavy (non-hydrogen) atoms. The Bertz CT molecular complexity index is 1160. The monoisotopic (exact) mass is 407 g/mol.